The maximum Gasteiger partial charge on any atom is 0.277 e. The first-order valence-corrected chi connectivity index (χ1v) is 7.77. The van der Waals surface area contributed by atoms with E-state index in [1.165, 1.54) is 5.56 Å². The van der Waals surface area contributed by atoms with E-state index >= 15 is 0 Å². The number of methoxy groups -OCH3 is 1. The van der Waals surface area contributed by atoms with Gasteiger partial charge in [0.05, 0.1) is 13.3 Å². The van der Waals surface area contributed by atoms with Crippen LogP contribution in [0.3, 0.4) is 0 Å². The second-order valence-corrected chi connectivity index (χ2v) is 5.58. The number of nitrogens with one attached hydrogen (secondary N) is 1. The summed E-state index contributed by atoms with van der Waals surface area (Å²) in [5.41, 5.74) is 4.50. The highest BCUT2D eigenvalue weighted by Gasteiger charge is 2.03. The van der Waals surface area contributed by atoms with Crippen LogP contribution in [0.1, 0.15) is 30.9 Å². The molecule has 1 amide bonds. The highest BCUT2D eigenvalue weighted by atomic mass is 16.5. The fraction of sp³-hybridized carbons (Fsp3) is 0.263. The summed E-state index contributed by atoms with van der Waals surface area (Å²) in [6, 6.07) is 15.1. The van der Waals surface area contributed by atoms with E-state index in [0.29, 0.717) is 11.7 Å². The molecular formula is C19H22N2O3. The van der Waals surface area contributed by atoms with Crippen molar-refractivity contribution in [3.8, 4) is 11.5 Å². The molecule has 0 aliphatic heterocycles. The van der Waals surface area contributed by atoms with Crippen LogP contribution >= 0.6 is 0 Å². The van der Waals surface area contributed by atoms with Crippen LogP contribution in [0.4, 0.5) is 0 Å². The standard InChI is InChI=1S/C19H22N2O3/c1-14(2)16-7-9-17(10-8-16)24-13-19(22)21-20-12-15-5-4-6-18(11-15)23-3/h4-12,14H,13H2,1-3H3,(H,21,22)/b20-12-. The zero-order valence-corrected chi connectivity index (χ0v) is 14.2. The van der Waals surface area contributed by atoms with Crippen molar-refractivity contribution in [3.05, 3.63) is 59.7 Å². The Morgan fingerprint density at radius 2 is 1.92 bits per heavy atom. The quantitative estimate of drug-likeness (QED) is 0.627. The summed E-state index contributed by atoms with van der Waals surface area (Å²) < 4.78 is 10.6. The maximum absolute atomic E-state index is 11.7. The molecule has 5 nitrogen and oxygen atoms in total. The van der Waals surface area contributed by atoms with Crippen molar-refractivity contribution in [2.75, 3.05) is 13.7 Å². The third-order valence-corrected chi connectivity index (χ3v) is 3.41. The number of carbonyl (C=O) groups is 1. The molecule has 24 heavy (non-hydrogen) atoms. The lowest BCUT2D eigenvalue weighted by atomic mass is 10.0. The number of carbonyl (C=O) groups excluding carboxylic acids is 1. The first-order chi connectivity index (χ1) is 11.6. The molecule has 0 bridgehead atoms. The van der Waals surface area contributed by atoms with E-state index in [9.17, 15) is 4.79 Å². The van der Waals surface area contributed by atoms with Gasteiger partial charge in [-0.3, -0.25) is 4.79 Å². The van der Waals surface area contributed by atoms with Gasteiger partial charge >= 0.3 is 0 Å². The minimum absolute atomic E-state index is 0.0868. The molecule has 0 saturated heterocycles. The van der Waals surface area contributed by atoms with Crippen LogP contribution < -0.4 is 14.9 Å². The van der Waals surface area contributed by atoms with E-state index in [-0.39, 0.29) is 12.5 Å². The summed E-state index contributed by atoms with van der Waals surface area (Å²) in [7, 11) is 1.60. The molecule has 0 radical (unpaired) electrons. The van der Waals surface area contributed by atoms with Crippen LogP contribution in [-0.4, -0.2) is 25.8 Å². The molecule has 0 atom stereocenters. The van der Waals surface area contributed by atoms with Gasteiger partial charge < -0.3 is 9.47 Å². The molecule has 0 spiro atoms. The van der Waals surface area contributed by atoms with Crippen LogP contribution in [0.2, 0.25) is 0 Å². The molecule has 0 aromatic heterocycles. The average Bonchev–Trinajstić information content (AvgIpc) is 2.60. The second kappa shape index (κ2) is 8.72. The first kappa shape index (κ1) is 17.5. The van der Waals surface area contributed by atoms with Gasteiger partial charge in [-0.15, -0.1) is 0 Å². The normalized spacial score (nSPS) is 10.8. The van der Waals surface area contributed by atoms with Crippen molar-refractivity contribution >= 4 is 12.1 Å². The Morgan fingerprint density at radius 3 is 2.58 bits per heavy atom. The molecule has 2 aromatic carbocycles. The van der Waals surface area contributed by atoms with E-state index in [4.69, 9.17) is 9.47 Å². The minimum Gasteiger partial charge on any atom is -0.497 e. The number of benzene rings is 2. The van der Waals surface area contributed by atoms with E-state index < -0.39 is 0 Å². The fourth-order valence-corrected chi connectivity index (χ4v) is 2.03. The lowest BCUT2D eigenvalue weighted by Gasteiger charge is -2.08. The molecule has 0 aliphatic carbocycles. The number of ether oxygens (including phenoxy) is 2. The monoisotopic (exact) mass is 326 g/mol. The summed E-state index contributed by atoms with van der Waals surface area (Å²) in [6.07, 6.45) is 1.55. The largest absolute Gasteiger partial charge is 0.497 e. The van der Waals surface area contributed by atoms with Gasteiger partial charge in [-0.25, -0.2) is 5.43 Å². The van der Waals surface area contributed by atoms with Crippen molar-refractivity contribution in [2.45, 2.75) is 19.8 Å². The van der Waals surface area contributed by atoms with Crippen LogP contribution in [-0.2, 0) is 4.79 Å². The predicted octanol–water partition coefficient (Wildman–Crippen LogP) is 3.35. The summed E-state index contributed by atoms with van der Waals surface area (Å²) in [6.45, 7) is 4.17. The van der Waals surface area contributed by atoms with E-state index in [2.05, 4.69) is 24.4 Å². The van der Waals surface area contributed by atoms with Crippen LogP contribution in [0, 0.1) is 0 Å². The Kier molecular flexibility index (Phi) is 6.37. The van der Waals surface area contributed by atoms with Gasteiger partial charge in [0.15, 0.2) is 6.61 Å². The lowest BCUT2D eigenvalue weighted by Crippen LogP contribution is -2.24. The van der Waals surface area contributed by atoms with Crippen molar-refractivity contribution in [1.29, 1.82) is 0 Å². The molecule has 126 valence electrons. The maximum atomic E-state index is 11.7. The van der Waals surface area contributed by atoms with Gasteiger partial charge in [-0.2, -0.15) is 5.10 Å². The smallest absolute Gasteiger partial charge is 0.277 e. The topological polar surface area (TPSA) is 59.9 Å². The number of nitrogens with zero attached hydrogens (tertiary/aromatic N) is 1. The molecule has 0 unspecified atom stereocenters. The van der Waals surface area contributed by atoms with Crippen molar-refractivity contribution < 1.29 is 14.3 Å². The number of hydrazone groups is 1. The van der Waals surface area contributed by atoms with E-state index in [0.717, 1.165) is 11.3 Å². The van der Waals surface area contributed by atoms with Gasteiger partial charge in [0.25, 0.3) is 5.91 Å². The van der Waals surface area contributed by atoms with E-state index in [1.807, 2.05) is 48.5 Å². The molecule has 2 aromatic rings. The Morgan fingerprint density at radius 1 is 1.17 bits per heavy atom. The molecule has 1 N–H and O–H groups in total. The number of hydrogen-bond acceptors (Lipinski definition) is 4. The molecular weight excluding hydrogens is 304 g/mol. The number of rotatable bonds is 7. The number of amides is 1. The molecule has 5 heteroatoms. The van der Waals surface area contributed by atoms with Gasteiger partial charge in [-0.05, 0) is 41.3 Å². The van der Waals surface area contributed by atoms with Gasteiger partial charge in [0, 0.05) is 0 Å². The van der Waals surface area contributed by atoms with Gasteiger partial charge in [-0.1, -0.05) is 38.1 Å². The molecule has 2 rings (SSSR count). The van der Waals surface area contributed by atoms with Gasteiger partial charge in [0.2, 0.25) is 0 Å². The average molecular weight is 326 g/mol. The summed E-state index contributed by atoms with van der Waals surface area (Å²) in [5, 5.41) is 3.91. The van der Waals surface area contributed by atoms with Crippen molar-refractivity contribution in [3.63, 3.8) is 0 Å². The van der Waals surface area contributed by atoms with Crippen LogP contribution in [0.5, 0.6) is 11.5 Å². The Hall–Kier alpha value is -2.82. The Bertz CT molecular complexity index is 694. The summed E-state index contributed by atoms with van der Waals surface area (Å²) in [4.78, 5) is 11.7. The fourth-order valence-electron chi connectivity index (χ4n) is 2.03. The Labute approximate surface area is 142 Å². The Balaban J connectivity index is 1.79. The molecule has 0 aliphatic rings. The highest BCUT2D eigenvalue weighted by molar-refractivity contribution is 5.83. The summed E-state index contributed by atoms with van der Waals surface area (Å²) >= 11 is 0. The molecule has 0 saturated carbocycles. The lowest BCUT2D eigenvalue weighted by molar-refractivity contribution is -0.123. The zero-order valence-electron chi connectivity index (χ0n) is 14.2. The van der Waals surface area contributed by atoms with Crippen molar-refractivity contribution in [2.24, 2.45) is 5.10 Å². The summed E-state index contributed by atoms with van der Waals surface area (Å²) in [5.74, 6) is 1.54. The number of hydrogen-bond donors (Lipinski definition) is 1. The van der Waals surface area contributed by atoms with E-state index in [1.54, 1.807) is 13.3 Å². The van der Waals surface area contributed by atoms with Gasteiger partial charge in [0.1, 0.15) is 11.5 Å². The van der Waals surface area contributed by atoms with Crippen LogP contribution in [0.15, 0.2) is 53.6 Å². The zero-order chi connectivity index (χ0) is 17.4. The highest BCUT2D eigenvalue weighted by Crippen LogP contribution is 2.18. The third kappa shape index (κ3) is 5.43. The molecule has 0 fully saturated rings. The van der Waals surface area contributed by atoms with Crippen LogP contribution in [0.25, 0.3) is 0 Å². The minimum atomic E-state index is -0.318. The molecule has 0 heterocycles. The second-order valence-electron chi connectivity index (χ2n) is 5.58. The third-order valence-electron chi connectivity index (χ3n) is 3.41. The SMILES string of the molecule is COc1cccc(/C=N\NC(=O)COc2ccc(C(C)C)cc2)c1. The van der Waals surface area contributed by atoms with Crippen molar-refractivity contribution in [1.82, 2.24) is 5.43 Å². The first-order valence-electron chi connectivity index (χ1n) is 7.77. The predicted molar refractivity (Wildman–Crippen MR) is 94.8 cm³/mol.